The third-order valence-corrected chi connectivity index (χ3v) is 4.49. The van der Waals surface area contributed by atoms with Gasteiger partial charge in [0, 0.05) is 11.6 Å². The highest BCUT2D eigenvalue weighted by Gasteiger charge is 2.19. The highest BCUT2D eigenvalue weighted by molar-refractivity contribution is 5.94. The molecule has 0 bridgehead atoms. The van der Waals surface area contributed by atoms with E-state index in [0.717, 1.165) is 12.8 Å². The van der Waals surface area contributed by atoms with Crippen molar-refractivity contribution in [1.82, 2.24) is 9.78 Å². The first kappa shape index (κ1) is 17.2. The maximum Gasteiger partial charge on any atom is 0.263 e. The third-order valence-electron chi connectivity index (χ3n) is 4.49. The molecular formula is C19H23N3O3. The average Bonchev–Trinajstić information content (AvgIpc) is 3.09. The maximum atomic E-state index is 12.2. The summed E-state index contributed by atoms with van der Waals surface area (Å²) in [5.41, 5.74) is 0.619. The molecule has 1 aliphatic carbocycles. The molecule has 1 aromatic carbocycles. The van der Waals surface area contributed by atoms with Gasteiger partial charge in [-0.2, -0.15) is 5.10 Å². The number of hydrogen-bond acceptors (Lipinski definition) is 4. The molecule has 1 aromatic heterocycles. The van der Waals surface area contributed by atoms with Crippen LogP contribution in [0.1, 0.15) is 55.4 Å². The predicted molar refractivity (Wildman–Crippen MR) is 94.9 cm³/mol. The number of aromatic nitrogens is 2. The van der Waals surface area contributed by atoms with Crippen LogP contribution in [0.15, 0.2) is 36.5 Å². The number of anilines is 1. The Morgan fingerprint density at radius 2 is 1.88 bits per heavy atom. The molecule has 6 nitrogen and oxygen atoms in total. The molecule has 25 heavy (non-hydrogen) atoms. The Kier molecular flexibility index (Phi) is 5.48. The van der Waals surface area contributed by atoms with Crippen LogP contribution in [0.2, 0.25) is 0 Å². The summed E-state index contributed by atoms with van der Waals surface area (Å²) in [4.78, 5) is 23.4. The van der Waals surface area contributed by atoms with Crippen LogP contribution in [0, 0.1) is 0 Å². The minimum Gasteiger partial charge on any atom is -0.484 e. The van der Waals surface area contributed by atoms with Crippen molar-refractivity contribution in [3.63, 3.8) is 0 Å². The molecule has 0 aliphatic heterocycles. The Labute approximate surface area is 147 Å². The minimum absolute atomic E-state index is 0.000248. The van der Waals surface area contributed by atoms with Crippen LogP contribution in [0.25, 0.3) is 0 Å². The second-order valence-corrected chi connectivity index (χ2v) is 6.37. The number of carbonyl (C=O) groups excluding carboxylic acids is 2. The summed E-state index contributed by atoms with van der Waals surface area (Å²) < 4.78 is 7.40. The summed E-state index contributed by atoms with van der Waals surface area (Å²) in [5.74, 6) is 1.04. The van der Waals surface area contributed by atoms with Crippen LogP contribution in [0.3, 0.4) is 0 Å². The van der Waals surface area contributed by atoms with Crippen molar-refractivity contribution in [2.45, 2.75) is 45.1 Å². The summed E-state index contributed by atoms with van der Waals surface area (Å²) in [6, 6.07) is 8.93. The highest BCUT2D eigenvalue weighted by Crippen LogP contribution is 2.29. The second kappa shape index (κ2) is 7.96. The van der Waals surface area contributed by atoms with E-state index in [-0.39, 0.29) is 18.3 Å². The summed E-state index contributed by atoms with van der Waals surface area (Å²) in [7, 11) is 0. The number of rotatable bonds is 6. The Balaban J connectivity index is 1.54. The smallest absolute Gasteiger partial charge is 0.263 e. The monoisotopic (exact) mass is 341 g/mol. The molecule has 132 valence electrons. The van der Waals surface area contributed by atoms with E-state index >= 15 is 0 Å². The van der Waals surface area contributed by atoms with Crippen molar-refractivity contribution < 1.29 is 14.3 Å². The second-order valence-electron chi connectivity index (χ2n) is 6.37. The van der Waals surface area contributed by atoms with E-state index in [9.17, 15) is 9.59 Å². The summed E-state index contributed by atoms with van der Waals surface area (Å²) in [6.07, 6.45) is 7.60. The molecule has 1 aliphatic rings. The van der Waals surface area contributed by atoms with E-state index in [2.05, 4.69) is 10.4 Å². The fraction of sp³-hybridized carbons (Fsp3) is 0.421. The lowest BCUT2D eigenvalue weighted by atomic mass is 9.96. The van der Waals surface area contributed by atoms with Crippen molar-refractivity contribution in [2.75, 3.05) is 11.9 Å². The van der Waals surface area contributed by atoms with Crippen LogP contribution >= 0.6 is 0 Å². The van der Waals surface area contributed by atoms with Gasteiger partial charge in [-0.3, -0.25) is 9.59 Å². The number of hydrogen-bond donors (Lipinski definition) is 1. The molecule has 0 saturated heterocycles. The topological polar surface area (TPSA) is 73.2 Å². The lowest BCUT2D eigenvalue weighted by Crippen LogP contribution is -2.24. The molecule has 6 heteroatoms. The summed E-state index contributed by atoms with van der Waals surface area (Å²) in [5, 5.41) is 7.24. The van der Waals surface area contributed by atoms with Gasteiger partial charge in [-0.1, -0.05) is 19.3 Å². The number of carbonyl (C=O) groups is 2. The quantitative estimate of drug-likeness (QED) is 0.815. The van der Waals surface area contributed by atoms with E-state index in [1.807, 2.05) is 10.7 Å². The Morgan fingerprint density at radius 1 is 1.16 bits per heavy atom. The van der Waals surface area contributed by atoms with Gasteiger partial charge in [0.1, 0.15) is 11.6 Å². The SMILES string of the molecule is CC(=O)c1ccc(OCC(=O)Nc2ccnn2C2CCCCC2)cc1. The number of ether oxygens (including phenoxy) is 1. The van der Waals surface area contributed by atoms with Gasteiger partial charge in [-0.05, 0) is 44.0 Å². The molecule has 1 amide bonds. The van der Waals surface area contributed by atoms with Crippen LogP contribution in [-0.2, 0) is 4.79 Å². The predicted octanol–water partition coefficient (Wildman–Crippen LogP) is 3.61. The molecule has 0 atom stereocenters. The van der Waals surface area contributed by atoms with Gasteiger partial charge in [0.15, 0.2) is 12.4 Å². The largest absolute Gasteiger partial charge is 0.484 e. The van der Waals surface area contributed by atoms with Crippen LogP contribution in [-0.4, -0.2) is 28.1 Å². The zero-order valence-corrected chi connectivity index (χ0v) is 14.4. The minimum atomic E-state index is -0.229. The standard InChI is InChI=1S/C19H23N3O3/c1-14(23)15-7-9-17(10-8-15)25-13-19(24)21-18-11-12-20-22(18)16-5-3-2-4-6-16/h7-12,16H,2-6,13H2,1H3,(H,21,24). The van der Waals surface area contributed by atoms with Gasteiger partial charge in [0.25, 0.3) is 5.91 Å². The number of nitrogens with one attached hydrogen (secondary N) is 1. The van der Waals surface area contributed by atoms with Gasteiger partial charge in [0.2, 0.25) is 0 Å². The maximum absolute atomic E-state index is 12.2. The van der Waals surface area contributed by atoms with E-state index in [1.54, 1.807) is 30.5 Å². The number of benzene rings is 1. The van der Waals surface area contributed by atoms with Gasteiger partial charge in [0.05, 0.1) is 12.2 Å². The lowest BCUT2D eigenvalue weighted by molar-refractivity contribution is -0.118. The van der Waals surface area contributed by atoms with Crippen LogP contribution in [0.4, 0.5) is 5.82 Å². The first-order valence-corrected chi connectivity index (χ1v) is 8.70. The van der Waals surface area contributed by atoms with Gasteiger partial charge >= 0.3 is 0 Å². The van der Waals surface area contributed by atoms with Crippen LogP contribution in [0.5, 0.6) is 5.75 Å². The summed E-state index contributed by atoms with van der Waals surface area (Å²) >= 11 is 0. The van der Waals surface area contributed by atoms with E-state index in [0.29, 0.717) is 23.2 Å². The van der Waals surface area contributed by atoms with E-state index < -0.39 is 0 Å². The molecule has 0 radical (unpaired) electrons. The van der Waals surface area contributed by atoms with E-state index in [1.165, 1.54) is 26.2 Å². The molecule has 1 fully saturated rings. The highest BCUT2D eigenvalue weighted by atomic mass is 16.5. The third kappa shape index (κ3) is 4.47. The number of Topliss-reactive ketones (excluding diaryl/α,β-unsaturated/α-hetero) is 1. The Morgan fingerprint density at radius 3 is 2.56 bits per heavy atom. The molecule has 1 N–H and O–H groups in total. The van der Waals surface area contributed by atoms with Crippen molar-refractivity contribution in [3.05, 3.63) is 42.1 Å². The first-order chi connectivity index (χ1) is 12.1. The van der Waals surface area contributed by atoms with Crippen molar-refractivity contribution in [1.29, 1.82) is 0 Å². The molecule has 1 saturated carbocycles. The number of amides is 1. The number of nitrogens with zero attached hydrogens (tertiary/aromatic N) is 2. The molecule has 3 rings (SSSR count). The zero-order chi connectivity index (χ0) is 17.6. The molecule has 0 unspecified atom stereocenters. The normalized spacial score (nSPS) is 14.9. The lowest BCUT2D eigenvalue weighted by Gasteiger charge is -2.23. The first-order valence-electron chi connectivity index (χ1n) is 8.70. The zero-order valence-electron chi connectivity index (χ0n) is 14.4. The molecule has 0 spiro atoms. The average molecular weight is 341 g/mol. The Bertz CT molecular complexity index is 731. The molecule has 1 heterocycles. The van der Waals surface area contributed by atoms with E-state index in [4.69, 9.17) is 4.74 Å². The van der Waals surface area contributed by atoms with Gasteiger partial charge in [-0.15, -0.1) is 0 Å². The molecule has 2 aromatic rings. The van der Waals surface area contributed by atoms with Crippen molar-refractivity contribution >= 4 is 17.5 Å². The fourth-order valence-electron chi connectivity index (χ4n) is 3.14. The number of ketones is 1. The summed E-state index contributed by atoms with van der Waals surface area (Å²) in [6.45, 7) is 1.42. The van der Waals surface area contributed by atoms with Crippen molar-refractivity contribution in [2.24, 2.45) is 0 Å². The Hall–Kier alpha value is -2.63. The van der Waals surface area contributed by atoms with Crippen LogP contribution < -0.4 is 10.1 Å². The molecular weight excluding hydrogens is 318 g/mol. The van der Waals surface area contributed by atoms with Gasteiger partial charge < -0.3 is 10.1 Å². The fourth-order valence-corrected chi connectivity index (χ4v) is 3.14. The van der Waals surface area contributed by atoms with Gasteiger partial charge in [-0.25, -0.2) is 4.68 Å². The van der Waals surface area contributed by atoms with Crippen molar-refractivity contribution in [3.8, 4) is 5.75 Å².